The summed E-state index contributed by atoms with van der Waals surface area (Å²) < 4.78 is 4.96. The van der Waals surface area contributed by atoms with Gasteiger partial charge in [-0.25, -0.2) is 0 Å². The molecular weight excluding hydrogens is 212 g/mol. The van der Waals surface area contributed by atoms with Crippen molar-refractivity contribution in [3.8, 4) is 0 Å². The summed E-state index contributed by atoms with van der Waals surface area (Å²) in [4.78, 5) is 4.20. The van der Waals surface area contributed by atoms with Gasteiger partial charge in [0.1, 0.15) is 5.88 Å². The largest absolute Gasteiger partial charge is 0.338 e. The van der Waals surface area contributed by atoms with Crippen molar-refractivity contribution in [2.45, 2.75) is 18.7 Å². The summed E-state index contributed by atoms with van der Waals surface area (Å²) in [6.07, 6.45) is 0. The standard InChI is InChI=1S/C11H11ClN2O/c1-8(9-5-3-2-4-6-9)11-13-10(7-12)15-14-11/h2-6,8H,7H2,1H3/t8-/m0/s1. The van der Waals surface area contributed by atoms with Gasteiger partial charge in [-0.3, -0.25) is 0 Å². The number of nitrogens with zero attached hydrogens (tertiary/aromatic N) is 2. The van der Waals surface area contributed by atoms with E-state index in [2.05, 4.69) is 10.1 Å². The Balaban J connectivity index is 2.24. The first kappa shape index (κ1) is 10.2. The Kier molecular flexibility index (Phi) is 3.02. The van der Waals surface area contributed by atoms with Crippen LogP contribution in [-0.2, 0) is 5.88 Å². The van der Waals surface area contributed by atoms with Crippen LogP contribution in [0.25, 0.3) is 0 Å². The Hall–Kier alpha value is -1.35. The molecule has 0 radical (unpaired) electrons. The third-order valence-electron chi connectivity index (χ3n) is 2.28. The molecule has 0 saturated heterocycles. The minimum Gasteiger partial charge on any atom is -0.338 e. The highest BCUT2D eigenvalue weighted by molar-refractivity contribution is 6.16. The molecule has 0 aliphatic carbocycles. The smallest absolute Gasteiger partial charge is 0.241 e. The molecule has 2 aromatic rings. The van der Waals surface area contributed by atoms with Gasteiger partial charge in [-0.2, -0.15) is 4.98 Å². The molecule has 0 bridgehead atoms. The highest BCUT2D eigenvalue weighted by atomic mass is 35.5. The quantitative estimate of drug-likeness (QED) is 0.750. The van der Waals surface area contributed by atoms with Crippen LogP contribution in [0.15, 0.2) is 34.9 Å². The van der Waals surface area contributed by atoms with E-state index in [9.17, 15) is 0 Å². The summed E-state index contributed by atoms with van der Waals surface area (Å²) in [5.41, 5.74) is 1.17. The SMILES string of the molecule is C[C@@H](c1ccccc1)c1noc(CCl)n1. The van der Waals surface area contributed by atoms with Crippen molar-refractivity contribution in [3.63, 3.8) is 0 Å². The van der Waals surface area contributed by atoms with Crippen LogP contribution in [-0.4, -0.2) is 10.1 Å². The van der Waals surface area contributed by atoms with Gasteiger partial charge in [-0.1, -0.05) is 42.4 Å². The second-order valence-corrected chi connectivity index (χ2v) is 3.58. The first-order chi connectivity index (χ1) is 7.31. The highest BCUT2D eigenvalue weighted by Crippen LogP contribution is 2.21. The fraction of sp³-hybridized carbons (Fsp3) is 0.273. The van der Waals surface area contributed by atoms with E-state index in [-0.39, 0.29) is 11.8 Å². The Labute approximate surface area is 93.1 Å². The van der Waals surface area contributed by atoms with Gasteiger partial charge in [0.2, 0.25) is 5.89 Å². The molecule has 3 nitrogen and oxygen atoms in total. The van der Waals surface area contributed by atoms with Gasteiger partial charge in [-0.15, -0.1) is 11.6 Å². The second-order valence-electron chi connectivity index (χ2n) is 3.31. The lowest BCUT2D eigenvalue weighted by molar-refractivity contribution is 0.383. The topological polar surface area (TPSA) is 38.9 Å². The molecule has 0 aliphatic rings. The summed E-state index contributed by atoms with van der Waals surface area (Å²) in [6.45, 7) is 2.04. The second kappa shape index (κ2) is 4.45. The van der Waals surface area contributed by atoms with Crippen molar-refractivity contribution in [2.24, 2.45) is 0 Å². The van der Waals surface area contributed by atoms with Crippen LogP contribution < -0.4 is 0 Å². The van der Waals surface area contributed by atoms with E-state index < -0.39 is 0 Å². The van der Waals surface area contributed by atoms with Crippen LogP contribution in [0.2, 0.25) is 0 Å². The molecule has 1 aromatic heterocycles. The summed E-state index contributed by atoms with van der Waals surface area (Å²) in [5, 5.41) is 3.89. The molecule has 0 amide bonds. The number of alkyl halides is 1. The fourth-order valence-corrected chi connectivity index (χ4v) is 1.50. The zero-order valence-corrected chi connectivity index (χ0v) is 9.11. The van der Waals surface area contributed by atoms with Gasteiger partial charge >= 0.3 is 0 Å². The van der Waals surface area contributed by atoms with Crippen molar-refractivity contribution < 1.29 is 4.52 Å². The molecule has 0 N–H and O–H groups in total. The van der Waals surface area contributed by atoms with Crippen LogP contribution in [0.3, 0.4) is 0 Å². The lowest BCUT2D eigenvalue weighted by atomic mass is 10.0. The number of benzene rings is 1. The van der Waals surface area contributed by atoms with Crippen molar-refractivity contribution in [2.75, 3.05) is 0 Å². The molecule has 1 atom stereocenters. The van der Waals surface area contributed by atoms with Gasteiger partial charge in [0.15, 0.2) is 5.82 Å². The van der Waals surface area contributed by atoms with E-state index in [0.29, 0.717) is 11.7 Å². The maximum Gasteiger partial charge on any atom is 0.241 e. The predicted octanol–water partition coefficient (Wildman–Crippen LogP) is 2.96. The maximum atomic E-state index is 5.59. The van der Waals surface area contributed by atoms with E-state index in [4.69, 9.17) is 16.1 Å². The van der Waals surface area contributed by atoms with E-state index in [0.717, 1.165) is 0 Å². The number of rotatable bonds is 3. The molecule has 1 aromatic carbocycles. The van der Waals surface area contributed by atoms with E-state index in [1.165, 1.54) is 5.56 Å². The Morgan fingerprint density at radius 1 is 1.33 bits per heavy atom. The molecule has 1 heterocycles. The first-order valence-electron chi connectivity index (χ1n) is 4.74. The lowest BCUT2D eigenvalue weighted by Gasteiger charge is -2.05. The number of hydrogen-bond donors (Lipinski definition) is 0. The number of hydrogen-bond acceptors (Lipinski definition) is 3. The lowest BCUT2D eigenvalue weighted by Crippen LogP contribution is -1.98. The summed E-state index contributed by atoms with van der Waals surface area (Å²) in [7, 11) is 0. The average Bonchev–Trinajstić information content (AvgIpc) is 2.78. The molecule has 0 saturated carbocycles. The fourth-order valence-electron chi connectivity index (χ4n) is 1.39. The summed E-state index contributed by atoms with van der Waals surface area (Å²) in [6, 6.07) is 10.1. The molecule has 0 unspecified atom stereocenters. The van der Waals surface area contributed by atoms with Crippen molar-refractivity contribution >= 4 is 11.6 Å². The Morgan fingerprint density at radius 2 is 2.07 bits per heavy atom. The molecule has 0 aliphatic heterocycles. The molecule has 15 heavy (non-hydrogen) atoms. The van der Waals surface area contributed by atoms with Crippen LogP contribution in [0, 0.1) is 0 Å². The zero-order valence-electron chi connectivity index (χ0n) is 8.35. The minimum atomic E-state index is 0.131. The zero-order chi connectivity index (χ0) is 10.7. The minimum absolute atomic E-state index is 0.131. The predicted molar refractivity (Wildman–Crippen MR) is 57.8 cm³/mol. The molecule has 2 rings (SSSR count). The first-order valence-corrected chi connectivity index (χ1v) is 5.28. The van der Waals surface area contributed by atoms with E-state index >= 15 is 0 Å². The van der Waals surface area contributed by atoms with Gasteiger partial charge in [0.05, 0.1) is 0 Å². The van der Waals surface area contributed by atoms with E-state index in [1.807, 2.05) is 37.3 Å². The van der Waals surface area contributed by atoms with Gasteiger partial charge in [0.25, 0.3) is 0 Å². The third-order valence-corrected chi connectivity index (χ3v) is 2.51. The molecule has 4 heteroatoms. The normalized spacial score (nSPS) is 12.7. The van der Waals surface area contributed by atoms with Crippen molar-refractivity contribution in [1.82, 2.24) is 10.1 Å². The summed E-state index contributed by atoms with van der Waals surface area (Å²) >= 11 is 5.59. The number of halogens is 1. The van der Waals surface area contributed by atoms with E-state index in [1.54, 1.807) is 0 Å². The molecule has 0 fully saturated rings. The molecule has 78 valence electrons. The number of aromatic nitrogens is 2. The average molecular weight is 223 g/mol. The van der Waals surface area contributed by atoms with Crippen LogP contribution >= 0.6 is 11.6 Å². The Morgan fingerprint density at radius 3 is 2.67 bits per heavy atom. The third kappa shape index (κ3) is 2.18. The molecular formula is C11H11ClN2O. The van der Waals surface area contributed by atoms with Crippen molar-refractivity contribution in [3.05, 3.63) is 47.6 Å². The van der Waals surface area contributed by atoms with Gasteiger partial charge in [-0.05, 0) is 5.56 Å². The van der Waals surface area contributed by atoms with Crippen LogP contribution in [0.4, 0.5) is 0 Å². The summed E-state index contributed by atoms with van der Waals surface area (Å²) in [5.74, 6) is 1.53. The van der Waals surface area contributed by atoms with Gasteiger partial charge in [0, 0.05) is 5.92 Å². The van der Waals surface area contributed by atoms with Crippen LogP contribution in [0.5, 0.6) is 0 Å². The van der Waals surface area contributed by atoms with Crippen LogP contribution in [0.1, 0.15) is 30.1 Å². The Bertz CT molecular complexity index is 427. The van der Waals surface area contributed by atoms with Gasteiger partial charge < -0.3 is 4.52 Å². The highest BCUT2D eigenvalue weighted by Gasteiger charge is 2.14. The maximum absolute atomic E-state index is 5.59. The van der Waals surface area contributed by atoms with Crippen molar-refractivity contribution in [1.29, 1.82) is 0 Å². The monoisotopic (exact) mass is 222 g/mol. The molecule has 0 spiro atoms.